The van der Waals surface area contributed by atoms with E-state index in [1.807, 2.05) is 49.4 Å². The highest BCUT2D eigenvalue weighted by molar-refractivity contribution is 6.37. The van der Waals surface area contributed by atoms with Gasteiger partial charge in [-0.3, -0.25) is 9.78 Å². The molecular weight excluding hydrogens is 525 g/mol. The lowest BCUT2D eigenvalue weighted by Crippen LogP contribution is -2.33. The van der Waals surface area contributed by atoms with E-state index in [1.165, 1.54) is 12.1 Å². The fourth-order valence-electron chi connectivity index (χ4n) is 3.68. The van der Waals surface area contributed by atoms with Crippen LogP contribution in [-0.2, 0) is 0 Å². The van der Waals surface area contributed by atoms with Crippen LogP contribution in [0.5, 0.6) is 11.5 Å². The molecule has 0 fully saturated rings. The standard InChI is InChI=1S/C25H16Cl3N5O3/c1-12-8-21(13-2-4-14(26)5-3-13)30-20-7-6-16(11-17(12)20)36-22-18(27)9-15(10-19(22)28)33-25(35)31-24(34)23(29)32-33/h2-11H,1H3,(H2,29,32)(H,31,34,35). The summed E-state index contributed by atoms with van der Waals surface area (Å²) in [6.07, 6.45) is 0. The number of aromatic nitrogens is 4. The number of nitrogens with zero attached hydrogens (tertiary/aromatic N) is 3. The van der Waals surface area contributed by atoms with Crippen molar-refractivity contribution in [1.82, 2.24) is 19.7 Å². The summed E-state index contributed by atoms with van der Waals surface area (Å²) in [5.74, 6) is 0.309. The minimum Gasteiger partial charge on any atom is -0.454 e. The lowest BCUT2D eigenvalue weighted by atomic mass is 10.0. The lowest BCUT2D eigenvalue weighted by Gasteiger charge is -2.13. The first-order valence-corrected chi connectivity index (χ1v) is 11.7. The maximum absolute atomic E-state index is 12.1. The zero-order chi connectivity index (χ0) is 25.6. The van der Waals surface area contributed by atoms with Crippen LogP contribution in [0.4, 0.5) is 5.82 Å². The highest BCUT2D eigenvalue weighted by Gasteiger charge is 2.15. The van der Waals surface area contributed by atoms with Gasteiger partial charge in [-0.25, -0.2) is 9.78 Å². The van der Waals surface area contributed by atoms with E-state index in [2.05, 4.69) is 10.1 Å². The molecule has 0 saturated heterocycles. The number of fused-ring (bicyclic) bond motifs is 1. The zero-order valence-electron chi connectivity index (χ0n) is 18.6. The fraction of sp³-hybridized carbons (Fsp3) is 0.0400. The van der Waals surface area contributed by atoms with Gasteiger partial charge in [0.05, 0.1) is 26.9 Å². The molecule has 0 radical (unpaired) electrons. The van der Waals surface area contributed by atoms with Crippen molar-refractivity contribution in [1.29, 1.82) is 0 Å². The Labute approximate surface area is 218 Å². The molecule has 36 heavy (non-hydrogen) atoms. The molecule has 11 heteroatoms. The lowest BCUT2D eigenvalue weighted by molar-refractivity contribution is 0.483. The van der Waals surface area contributed by atoms with Crippen molar-refractivity contribution in [2.75, 3.05) is 5.73 Å². The number of aromatic amines is 1. The summed E-state index contributed by atoms with van der Waals surface area (Å²) in [6.45, 7) is 1.99. The van der Waals surface area contributed by atoms with E-state index < -0.39 is 11.2 Å². The van der Waals surface area contributed by atoms with Gasteiger partial charge in [-0.2, -0.15) is 4.68 Å². The molecule has 8 nitrogen and oxygen atoms in total. The third kappa shape index (κ3) is 4.54. The van der Waals surface area contributed by atoms with Crippen LogP contribution in [0, 0.1) is 6.92 Å². The second kappa shape index (κ2) is 9.31. The van der Waals surface area contributed by atoms with Gasteiger partial charge in [-0.15, -0.1) is 5.10 Å². The number of halogens is 3. The first-order valence-electron chi connectivity index (χ1n) is 10.5. The van der Waals surface area contributed by atoms with Crippen LogP contribution < -0.4 is 21.7 Å². The van der Waals surface area contributed by atoms with Crippen LogP contribution in [0.15, 0.2) is 70.3 Å². The first-order chi connectivity index (χ1) is 17.2. The van der Waals surface area contributed by atoms with Gasteiger partial charge in [0.25, 0.3) is 5.56 Å². The molecule has 2 heterocycles. The number of rotatable bonds is 4. The Hall–Kier alpha value is -3.85. The van der Waals surface area contributed by atoms with Crippen LogP contribution in [0.2, 0.25) is 15.1 Å². The summed E-state index contributed by atoms with van der Waals surface area (Å²) in [5.41, 5.74) is 7.75. The number of nitrogen functional groups attached to an aromatic ring is 1. The molecule has 0 aliphatic rings. The van der Waals surface area contributed by atoms with E-state index >= 15 is 0 Å². The molecule has 0 saturated carbocycles. The molecule has 5 aromatic rings. The van der Waals surface area contributed by atoms with Crippen molar-refractivity contribution in [3.63, 3.8) is 0 Å². The Kier molecular flexibility index (Phi) is 6.17. The van der Waals surface area contributed by atoms with E-state index in [1.54, 1.807) is 6.07 Å². The monoisotopic (exact) mass is 539 g/mol. The molecule has 3 aromatic carbocycles. The Morgan fingerprint density at radius 2 is 1.64 bits per heavy atom. The number of nitrogens with one attached hydrogen (secondary N) is 1. The largest absolute Gasteiger partial charge is 0.454 e. The van der Waals surface area contributed by atoms with Gasteiger partial charge in [-0.1, -0.05) is 46.9 Å². The van der Waals surface area contributed by atoms with E-state index in [4.69, 9.17) is 50.3 Å². The highest BCUT2D eigenvalue weighted by Crippen LogP contribution is 2.39. The molecule has 2 aromatic heterocycles. The van der Waals surface area contributed by atoms with E-state index in [9.17, 15) is 9.59 Å². The molecule has 0 aliphatic heterocycles. The van der Waals surface area contributed by atoms with Crippen LogP contribution in [0.25, 0.3) is 27.8 Å². The maximum atomic E-state index is 12.1. The third-order valence-corrected chi connectivity index (χ3v) is 6.24. The SMILES string of the molecule is Cc1cc(-c2ccc(Cl)cc2)nc2ccc(Oc3c(Cl)cc(-n4nc(N)c(=O)[nH]c4=O)cc3Cl)cc12. The number of benzene rings is 3. The molecule has 0 bridgehead atoms. The minimum absolute atomic E-state index is 0.129. The topological polar surface area (TPSA) is 116 Å². The molecule has 0 atom stereocenters. The predicted octanol–water partition coefficient (Wildman–Crippen LogP) is 5.78. The summed E-state index contributed by atoms with van der Waals surface area (Å²) in [5, 5.41) is 5.60. The Morgan fingerprint density at radius 3 is 2.33 bits per heavy atom. The predicted molar refractivity (Wildman–Crippen MR) is 142 cm³/mol. The van der Waals surface area contributed by atoms with E-state index in [-0.39, 0.29) is 27.3 Å². The number of hydrogen-bond donors (Lipinski definition) is 2. The fourth-order valence-corrected chi connectivity index (χ4v) is 4.36. The zero-order valence-corrected chi connectivity index (χ0v) is 20.8. The van der Waals surface area contributed by atoms with Crippen molar-refractivity contribution in [3.8, 4) is 28.4 Å². The van der Waals surface area contributed by atoms with Gasteiger partial charge in [0.15, 0.2) is 5.75 Å². The van der Waals surface area contributed by atoms with Gasteiger partial charge in [-0.05, 0) is 61.0 Å². The second-order valence-corrected chi connectivity index (χ2v) is 9.16. The summed E-state index contributed by atoms with van der Waals surface area (Å²) < 4.78 is 6.89. The number of hydrogen-bond acceptors (Lipinski definition) is 6. The summed E-state index contributed by atoms with van der Waals surface area (Å²) in [4.78, 5) is 30.5. The number of nitrogens with two attached hydrogens (primary N) is 1. The smallest absolute Gasteiger partial charge is 0.349 e. The summed E-state index contributed by atoms with van der Waals surface area (Å²) in [6, 6.07) is 17.8. The number of ether oxygens (including phenoxy) is 1. The molecule has 180 valence electrons. The van der Waals surface area contributed by atoms with Crippen LogP contribution in [0.1, 0.15) is 5.56 Å². The molecule has 0 amide bonds. The van der Waals surface area contributed by atoms with Crippen molar-refractivity contribution in [3.05, 3.63) is 102 Å². The quantitative estimate of drug-likeness (QED) is 0.299. The van der Waals surface area contributed by atoms with Crippen molar-refractivity contribution < 1.29 is 4.74 Å². The molecule has 5 rings (SSSR count). The number of H-pyrrole nitrogens is 1. The minimum atomic E-state index is -0.787. The van der Waals surface area contributed by atoms with Crippen LogP contribution in [-0.4, -0.2) is 19.7 Å². The second-order valence-electron chi connectivity index (χ2n) is 7.91. The van der Waals surface area contributed by atoms with Crippen molar-refractivity contribution >= 4 is 51.5 Å². The summed E-state index contributed by atoms with van der Waals surface area (Å²) in [7, 11) is 0. The van der Waals surface area contributed by atoms with Crippen molar-refractivity contribution in [2.45, 2.75) is 6.92 Å². The third-order valence-electron chi connectivity index (χ3n) is 5.43. The van der Waals surface area contributed by atoms with E-state index in [0.29, 0.717) is 10.8 Å². The normalized spacial score (nSPS) is 11.1. The van der Waals surface area contributed by atoms with Crippen LogP contribution >= 0.6 is 34.8 Å². The van der Waals surface area contributed by atoms with Gasteiger partial charge in [0.1, 0.15) is 5.75 Å². The first kappa shape index (κ1) is 23.9. The maximum Gasteiger partial charge on any atom is 0.349 e. The van der Waals surface area contributed by atoms with Gasteiger partial charge < -0.3 is 10.5 Å². The van der Waals surface area contributed by atoms with Crippen molar-refractivity contribution in [2.24, 2.45) is 0 Å². The average Bonchev–Trinajstić information content (AvgIpc) is 2.84. The van der Waals surface area contributed by atoms with Gasteiger partial charge in [0, 0.05) is 16.0 Å². The van der Waals surface area contributed by atoms with Crippen LogP contribution in [0.3, 0.4) is 0 Å². The number of pyridine rings is 1. The van der Waals surface area contributed by atoms with Gasteiger partial charge >= 0.3 is 5.69 Å². The molecule has 0 aliphatic carbocycles. The molecular formula is C25H16Cl3N5O3. The number of anilines is 1. The Morgan fingerprint density at radius 1 is 0.944 bits per heavy atom. The Balaban J connectivity index is 1.49. The number of aryl methyl sites for hydroxylation is 1. The Bertz CT molecular complexity index is 1740. The van der Waals surface area contributed by atoms with E-state index in [0.717, 1.165) is 32.4 Å². The summed E-state index contributed by atoms with van der Waals surface area (Å²) >= 11 is 18.9. The van der Waals surface area contributed by atoms with Gasteiger partial charge in [0.2, 0.25) is 5.82 Å². The molecule has 0 spiro atoms. The highest BCUT2D eigenvalue weighted by atomic mass is 35.5. The average molecular weight is 541 g/mol. The molecule has 3 N–H and O–H groups in total. The molecule has 0 unspecified atom stereocenters.